The molecule has 104 valence electrons. The maximum absolute atomic E-state index is 12.7. The van der Waals surface area contributed by atoms with Crippen molar-refractivity contribution in [1.82, 2.24) is 10.2 Å². The molecule has 1 heterocycles. The lowest BCUT2D eigenvalue weighted by atomic mass is 10.0. The Kier molecular flexibility index (Phi) is 4.59. The highest BCUT2D eigenvalue weighted by Gasteiger charge is 2.25. The highest BCUT2D eigenvalue weighted by molar-refractivity contribution is 5.96. The molecule has 3 nitrogen and oxygen atoms in total. The van der Waals surface area contributed by atoms with Crippen LogP contribution in [-0.2, 0) is 0 Å². The molecule has 0 spiro atoms. The summed E-state index contributed by atoms with van der Waals surface area (Å²) in [7, 11) is 0. The van der Waals surface area contributed by atoms with E-state index in [1.165, 1.54) is 0 Å². The molecule has 1 atom stereocenters. The molecule has 1 aromatic carbocycles. The third kappa shape index (κ3) is 3.16. The molecule has 0 radical (unpaired) electrons. The van der Waals surface area contributed by atoms with E-state index in [0.717, 1.165) is 49.2 Å². The fourth-order valence-electron chi connectivity index (χ4n) is 2.79. The molecule has 1 aliphatic rings. The van der Waals surface area contributed by atoms with Gasteiger partial charge in [0.15, 0.2) is 0 Å². The number of piperidine rings is 1. The van der Waals surface area contributed by atoms with Crippen molar-refractivity contribution < 1.29 is 4.79 Å². The number of rotatable bonds is 3. The number of hydrogen-bond donors (Lipinski definition) is 1. The van der Waals surface area contributed by atoms with Gasteiger partial charge in [0.2, 0.25) is 0 Å². The molecule has 1 N–H and O–H groups in total. The average Bonchev–Trinajstić information content (AvgIpc) is 2.43. The number of aryl methyl sites for hydroxylation is 2. The lowest BCUT2D eigenvalue weighted by Crippen LogP contribution is -2.48. The van der Waals surface area contributed by atoms with Gasteiger partial charge >= 0.3 is 0 Å². The van der Waals surface area contributed by atoms with Gasteiger partial charge in [-0.25, -0.2) is 0 Å². The highest BCUT2D eigenvalue weighted by atomic mass is 16.2. The minimum absolute atomic E-state index is 0.178. The van der Waals surface area contributed by atoms with Crippen molar-refractivity contribution in [2.45, 2.75) is 39.7 Å². The van der Waals surface area contributed by atoms with E-state index in [9.17, 15) is 4.79 Å². The maximum atomic E-state index is 12.7. The van der Waals surface area contributed by atoms with Gasteiger partial charge in [-0.05, 0) is 51.8 Å². The van der Waals surface area contributed by atoms with E-state index in [4.69, 9.17) is 0 Å². The van der Waals surface area contributed by atoms with Crippen molar-refractivity contribution in [2.24, 2.45) is 0 Å². The van der Waals surface area contributed by atoms with E-state index in [2.05, 4.69) is 18.3 Å². The van der Waals surface area contributed by atoms with Crippen LogP contribution in [0.15, 0.2) is 18.2 Å². The van der Waals surface area contributed by atoms with Gasteiger partial charge in [0, 0.05) is 24.7 Å². The van der Waals surface area contributed by atoms with E-state index in [1.807, 2.05) is 30.9 Å². The second kappa shape index (κ2) is 6.20. The fourth-order valence-corrected chi connectivity index (χ4v) is 2.79. The van der Waals surface area contributed by atoms with Crippen LogP contribution in [-0.4, -0.2) is 36.5 Å². The third-order valence-corrected chi connectivity index (χ3v) is 3.94. The van der Waals surface area contributed by atoms with Crippen molar-refractivity contribution in [3.63, 3.8) is 0 Å². The topological polar surface area (TPSA) is 32.3 Å². The van der Waals surface area contributed by atoms with Crippen molar-refractivity contribution in [2.75, 3.05) is 19.6 Å². The molecule has 19 heavy (non-hydrogen) atoms. The summed E-state index contributed by atoms with van der Waals surface area (Å²) in [6.45, 7) is 8.89. The van der Waals surface area contributed by atoms with Crippen LogP contribution in [0, 0.1) is 13.8 Å². The summed E-state index contributed by atoms with van der Waals surface area (Å²) in [5.74, 6) is 0.178. The third-order valence-electron chi connectivity index (χ3n) is 3.94. The Morgan fingerprint density at radius 3 is 2.84 bits per heavy atom. The first kappa shape index (κ1) is 14.1. The minimum atomic E-state index is 0.178. The number of nitrogens with one attached hydrogen (secondary N) is 1. The monoisotopic (exact) mass is 260 g/mol. The molecular weight excluding hydrogens is 236 g/mol. The first-order valence-electron chi connectivity index (χ1n) is 7.22. The zero-order valence-electron chi connectivity index (χ0n) is 12.2. The summed E-state index contributed by atoms with van der Waals surface area (Å²) in [5.41, 5.74) is 3.07. The van der Waals surface area contributed by atoms with Gasteiger partial charge < -0.3 is 10.2 Å². The molecule has 1 amide bonds. The van der Waals surface area contributed by atoms with Gasteiger partial charge in [-0.3, -0.25) is 4.79 Å². The second-order valence-electron chi connectivity index (χ2n) is 5.41. The normalized spacial score (nSPS) is 19.2. The Hall–Kier alpha value is -1.35. The number of likely N-dealkylation sites (N-methyl/N-ethyl adjacent to an activating group) is 1. The summed E-state index contributed by atoms with van der Waals surface area (Å²) < 4.78 is 0. The van der Waals surface area contributed by atoms with Gasteiger partial charge in [-0.2, -0.15) is 0 Å². The van der Waals surface area contributed by atoms with Gasteiger partial charge in [-0.1, -0.05) is 17.7 Å². The van der Waals surface area contributed by atoms with Crippen LogP contribution in [0.5, 0.6) is 0 Å². The highest BCUT2D eigenvalue weighted by Crippen LogP contribution is 2.18. The van der Waals surface area contributed by atoms with Gasteiger partial charge in [-0.15, -0.1) is 0 Å². The zero-order valence-corrected chi connectivity index (χ0v) is 12.2. The Balaban J connectivity index is 2.22. The summed E-state index contributed by atoms with van der Waals surface area (Å²) in [5, 5.41) is 3.39. The number of nitrogens with zero attached hydrogens (tertiary/aromatic N) is 1. The van der Waals surface area contributed by atoms with E-state index in [1.54, 1.807) is 0 Å². The SMILES string of the molecule is CCN(C(=O)c1cc(C)ccc1C)C1CCCNC1. The predicted octanol–water partition coefficient (Wildman–Crippen LogP) is 2.52. The van der Waals surface area contributed by atoms with Crippen LogP contribution in [0.2, 0.25) is 0 Å². The van der Waals surface area contributed by atoms with Crippen molar-refractivity contribution in [1.29, 1.82) is 0 Å². The second-order valence-corrected chi connectivity index (χ2v) is 5.41. The van der Waals surface area contributed by atoms with Gasteiger partial charge in [0.05, 0.1) is 0 Å². The molecule has 2 rings (SSSR count). The summed E-state index contributed by atoms with van der Waals surface area (Å²) in [6.07, 6.45) is 2.26. The number of amides is 1. The smallest absolute Gasteiger partial charge is 0.254 e. The van der Waals surface area contributed by atoms with Crippen LogP contribution in [0.25, 0.3) is 0 Å². The Labute approximate surface area is 116 Å². The molecule has 1 aliphatic heterocycles. The molecule has 1 aromatic rings. The lowest BCUT2D eigenvalue weighted by molar-refractivity contribution is 0.0661. The molecule has 0 aromatic heterocycles. The molecule has 1 unspecified atom stereocenters. The number of carbonyl (C=O) groups is 1. The van der Waals surface area contributed by atoms with Crippen LogP contribution in [0.3, 0.4) is 0 Å². The number of benzene rings is 1. The van der Waals surface area contributed by atoms with E-state index in [0.29, 0.717) is 6.04 Å². The van der Waals surface area contributed by atoms with Crippen LogP contribution in [0.1, 0.15) is 41.3 Å². The van der Waals surface area contributed by atoms with Crippen LogP contribution < -0.4 is 5.32 Å². The number of hydrogen-bond acceptors (Lipinski definition) is 2. The first-order valence-corrected chi connectivity index (χ1v) is 7.22. The minimum Gasteiger partial charge on any atom is -0.335 e. The van der Waals surface area contributed by atoms with E-state index in [-0.39, 0.29) is 5.91 Å². The maximum Gasteiger partial charge on any atom is 0.254 e. The average molecular weight is 260 g/mol. The summed E-state index contributed by atoms with van der Waals surface area (Å²) in [6, 6.07) is 6.45. The Morgan fingerprint density at radius 2 is 2.21 bits per heavy atom. The zero-order chi connectivity index (χ0) is 13.8. The van der Waals surface area contributed by atoms with Crippen LogP contribution in [0.4, 0.5) is 0 Å². The van der Waals surface area contributed by atoms with Crippen LogP contribution >= 0.6 is 0 Å². The molecule has 1 saturated heterocycles. The van der Waals surface area contributed by atoms with E-state index < -0.39 is 0 Å². The van der Waals surface area contributed by atoms with Crippen molar-refractivity contribution in [3.05, 3.63) is 34.9 Å². The number of carbonyl (C=O) groups excluding carboxylic acids is 1. The van der Waals surface area contributed by atoms with E-state index >= 15 is 0 Å². The molecule has 0 bridgehead atoms. The molecule has 3 heteroatoms. The summed E-state index contributed by atoms with van der Waals surface area (Å²) >= 11 is 0. The molecule has 0 saturated carbocycles. The van der Waals surface area contributed by atoms with Gasteiger partial charge in [0.1, 0.15) is 0 Å². The molecule has 0 aliphatic carbocycles. The van der Waals surface area contributed by atoms with Crippen molar-refractivity contribution >= 4 is 5.91 Å². The Morgan fingerprint density at radius 1 is 1.42 bits per heavy atom. The van der Waals surface area contributed by atoms with Crippen molar-refractivity contribution in [3.8, 4) is 0 Å². The molecule has 1 fully saturated rings. The standard InChI is InChI=1S/C16H24N2O/c1-4-18(14-6-5-9-17-11-14)16(19)15-10-12(2)7-8-13(15)3/h7-8,10,14,17H,4-6,9,11H2,1-3H3. The Bertz CT molecular complexity index is 450. The lowest BCUT2D eigenvalue weighted by Gasteiger charge is -2.34. The first-order chi connectivity index (χ1) is 9.13. The molecular formula is C16H24N2O. The summed E-state index contributed by atoms with van der Waals surface area (Å²) in [4.78, 5) is 14.8. The fraction of sp³-hybridized carbons (Fsp3) is 0.562. The predicted molar refractivity (Wildman–Crippen MR) is 78.5 cm³/mol. The largest absolute Gasteiger partial charge is 0.335 e. The quantitative estimate of drug-likeness (QED) is 0.905. The van der Waals surface area contributed by atoms with Gasteiger partial charge in [0.25, 0.3) is 5.91 Å².